The van der Waals surface area contributed by atoms with Gasteiger partial charge < -0.3 is 19.8 Å². The Hall–Kier alpha value is -2.67. The summed E-state index contributed by atoms with van der Waals surface area (Å²) in [5.74, 6) is -2.11. The van der Waals surface area contributed by atoms with Crippen LogP contribution in [0.3, 0.4) is 0 Å². The van der Waals surface area contributed by atoms with Crippen LogP contribution in [0.1, 0.15) is 36.3 Å². The van der Waals surface area contributed by atoms with E-state index in [1.54, 1.807) is 26.1 Å². The van der Waals surface area contributed by atoms with Crippen molar-refractivity contribution in [1.82, 2.24) is 14.9 Å². The van der Waals surface area contributed by atoms with Gasteiger partial charge >= 0.3 is 29.6 Å². The summed E-state index contributed by atoms with van der Waals surface area (Å²) in [5, 5.41) is 15.9. The number of nitrogens with zero attached hydrogens (tertiary/aromatic N) is 2. The molecule has 2 aromatic heterocycles. The van der Waals surface area contributed by atoms with Crippen LogP contribution in [0.4, 0.5) is 0 Å². The number of carboxylic acid groups (broad SMARTS) is 1. The normalized spacial score (nSPS) is 12.0. The Balaban J connectivity index is 0.00000306. The topological polar surface area (TPSA) is 87.0 Å². The van der Waals surface area contributed by atoms with Crippen molar-refractivity contribution >= 4 is 33.7 Å². The van der Waals surface area contributed by atoms with Gasteiger partial charge in [-0.2, -0.15) is 0 Å². The molecular weight excluding hydrogens is 425 g/mol. The number of aliphatic carboxylic acids is 1. The summed E-state index contributed by atoms with van der Waals surface area (Å²) in [6.07, 6.45) is 3.65. The van der Waals surface area contributed by atoms with E-state index < -0.39 is 17.9 Å². The molecule has 33 heavy (non-hydrogen) atoms. The molecule has 0 radical (unpaired) electrons. The van der Waals surface area contributed by atoms with Crippen molar-refractivity contribution in [3.05, 3.63) is 78.1 Å². The van der Waals surface area contributed by atoms with E-state index in [0.717, 1.165) is 41.2 Å². The van der Waals surface area contributed by atoms with Gasteiger partial charge in [0.25, 0.3) is 5.91 Å². The van der Waals surface area contributed by atoms with Crippen LogP contribution in [-0.4, -0.2) is 27.5 Å². The Morgan fingerprint density at radius 3 is 2.39 bits per heavy atom. The van der Waals surface area contributed by atoms with E-state index >= 15 is 0 Å². The van der Waals surface area contributed by atoms with E-state index in [1.807, 2.05) is 24.3 Å². The predicted molar refractivity (Wildman–Crippen MR) is 123 cm³/mol. The Bertz CT molecular complexity index is 1270. The second-order valence-corrected chi connectivity index (χ2v) is 8.36. The van der Waals surface area contributed by atoms with E-state index in [9.17, 15) is 14.7 Å². The first kappa shape index (κ1) is 25.0. The maximum atomic E-state index is 12.7. The zero-order valence-corrected chi connectivity index (χ0v) is 21.2. The molecule has 0 bridgehead atoms. The number of para-hydroxylation sites is 1. The number of carbonyl (C=O) groups is 2. The number of nitrogens with one attached hydrogen (secondary N) is 1. The van der Waals surface area contributed by atoms with Crippen LogP contribution in [0, 0.1) is 5.92 Å². The van der Waals surface area contributed by atoms with Crippen molar-refractivity contribution in [2.75, 3.05) is 0 Å². The van der Waals surface area contributed by atoms with Gasteiger partial charge in [0, 0.05) is 22.8 Å². The van der Waals surface area contributed by atoms with Gasteiger partial charge in [-0.15, -0.1) is 0 Å². The number of amides is 1. The van der Waals surface area contributed by atoms with E-state index in [0.29, 0.717) is 0 Å². The van der Waals surface area contributed by atoms with Gasteiger partial charge in [0.2, 0.25) is 0 Å². The molecule has 0 fully saturated rings. The van der Waals surface area contributed by atoms with Crippen molar-refractivity contribution in [2.24, 2.45) is 5.92 Å². The first-order valence-electron chi connectivity index (χ1n) is 10.9. The van der Waals surface area contributed by atoms with E-state index in [1.165, 1.54) is 5.56 Å². The molecular formula is C26H26N3NaO3. The SMILES string of the molecule is CC(C)[C@H](NC(=O)c1cc2c3ccccc3n(CCCc3ccccc3)c2cn1)C(=O)[O-].[Na+]. The molecule has 7 heteroatoms. The molecule has 0 unspecified atom stereocenters. The predicted octanol–water partition coefficient (Wildman–Crippen LogP) is 0.331. The summed E-state index contributed by atoms with van der Waals surface area (Å²) in [6.45, 7) is 4.27. The first-order chi connectivity index (χ1) is 15.5. The number of pyridine rings is 1. The molecule has 6 nitrogen and oxygen atoms in total. The number of hydrogen-bond acceptors (Lipinski definition) is 4. The number of aromatic nitrogens is 2. The largest absolute Gasteiger partial charge is 1.00 e. The maximum absolute atomic E-state index is 12.7. The van der Waals surface area contributed by atoms with Crippen molar-refractivity contribution in [3.63, 3.8) is 0 Å². The smallest absolute Gasteiger partial charge is 0.548 e. The van der Waals surface area contributed by atoms with Gasteiger partial charge in [-0.1, -0.05) is 62.4 Å². The summed E-state index contributed by atoms with van der Waals surface area (Å²) in [7, 11) is 0. The summed E-state index contributed by atoms with van der Waals surface area (Å²) in [5.41, 5.74) is 3.54. The van der Waals surface area contributed by atoms with Crippen LogP contribution >= 0.6 is 0 Å². The third-order valence-corrected chi connectivity index (χ3v) is 5.79. The average Bonchev–Trinajstić information content (AvgIpc) is 3.11. The number of rotatable bonds is 8. The molecule has 2 heterocycles. The minimum atomic E-state index is -1.30. The van der Waals surface area contributed by atoms with Crippen molar-refractivity contribution in [1.29, 1.82) is 0 Å². The number of aryl methyl sites for hydroxylation is 2. The number of carboxylic acids is 1. The molecule has 4 rings (SSSR count). The Morgan fingerprint density at radius 1 is 1.00 bits per heavy atom. The molecule has 1 amide bonds. The van der Waals surface area contributed by atoms with Gasteiger partial charge in [-0.25, -0.2) is 4.98 Å². The number of benzene rings is 2. The molecule has 164 valence electrons. The molecule has 1 atom stereocenters. The molecule has 1 N–H and O–H groups in total. The molecule has 0 spiro atoms. The second kappa shape index (κ2) is 11.0. The molecule has 0 saturated heterocycles. The van der Waals surface area contributed by atoms with Gasteiger partial charge in [0.05, 0.1) is 23.7 Å². The van der Waals surface area contributed by atoms with Gasteiger partial charge in [0.15, 0.2) is 0 Å². The third-order valence-electron chi connectivity index (χ3n) is 5.79. The van der Waals surface area contributed by atoms with Gasteiger partial charge in [-0.3, -0.25) is 4.79 Å². The van der Waals surface area contributed by atoms with E-state index in [-0.39, 0.29) is 41.2 Å². The maximum Gasteiger partial charge on any atom is 1.00 e. The molecule has 0 aliphatic heterocycles. The monoisotopic (exact) mass is 451 g/mol. The van der Waals surface area contributed by atoms with Crippen LogP contribution in [0.15, 0.2) is 66.9 Å². The minimum absolute atomic E-state index is 0. The van der Waals surface area contributed by atoms with Crippen LogP contribution in [0.25, 0.3) is 21.8 Å². The fraction of sp³-hybridized carbons (Fsp3) is 0.269. The molecule has 2 aromatic carbocycles. The van der Waals surface area contributed by atoms with E-state index in [4.69, 9.17) is 0 Å². The van der Waals surface area contributed by atoms with Crippen molar-refractivity contribution in [2.45, 2.75) is 39.3 Å². The van der Waals surface area contributed by atoms with Crippen molar-refractivity contribution in [3.8, 4) is 0 Å². The minimum Gasteiger partial charge on any atom is -0.548 e. The Morgan fingerprint density at radius 2 is 1.70 bits per heavy atom. The standard InChI is InChI=1S/C26H27N3O3.Na/c1-17(2)24(26(31)32)28-25(30)21-15-20-19-12-6-7-13-22(19)29(23(20)16-27-21)14-8-11-18-9-4-3-5-10-18;/h3-7,9-10,12-13,15-17,24H,8,11,14H2,1-2H3,(H,28,30)(H,31,32);/q;+1/p-1/t24-;/m0./s1. The van der Waals surface area contributed by atoms with Crippen LogP contribution in [0.2, 0.25) is 0 Å². The van der Waals surface area contributed by atoms with Crippen LogP contribution in [-0.2, 0) is 17.8 Å². The molecule has 4 aromatic rings. The van der Waals surface area contributed by atoms with Gasteiger partial charge in [0.1, 0.15) is 5.69 Å². The fourth-order valence-electron chi connectivity index (χ4n) is 4.11. The third kappa shape index (κ3) is 5.46. The quantitative estimate of drug-likeness (QED) is 0.391. The van der Waals surface area contributed by atoms with Gasteiger partial charge in [-0.05, 0) is 36.5 Å². The summed E-state index contributed by atoms with van der Waals surface area (Å²) < 4.78 is 2.24. The van der Waals surface area contributed by atoms with Crippen LogP contribution in [0.5, 0.6) is 0 Å². The Labute approximate surface area is 215 Å². The molecule has 0 aliphatic rings. The fourth-order valence-corrected chi connectivity index (χ4v) is 4.11. The first-order valence-corrected chi connectivity index (χ1v) is 10.9. The van der Waals surface area contributed by atoms with E-state index in [2.05, 4.69) is 45.2 Å². The number of carbonyl (C=O) groups excluding carboxylic acids is 2. The summed E-state index contributed by atoms with van der Waals surface area (Å²) >= 11 is 0. The average molecular weight is 452 g/mol. The zero-order chi connectivity index (χ0) is 22.7. The Kier molecular flexibility index (Phi) is 8.30. The summed E-state index contributed by atoms with van der Waals surface area (Å²) in [4.78, 5) is 28.4. The molecule has 0 aliphatic carbocycles. The second-order valence-electron chi connectivity index (χ2n) is 8.36. The molecule has 0 saturated carbocycles. The van der Waals surface area contributed by atoms with Crippen molar-refractivity contribution < 1.29 is 44.3 Å². The van der Waals surface area contributed by atoms with Crippen LogP contribution < -0.4 is 40.0 Å². The summed E-state index contributed by atoms with van der Waals surface area (Å²) in [6, 6.07) is 19.1. The number of hydrogen-bond donors (Lipinski definition) is 1. The zero-order valence-electron chi connectivity index (χ0n) is 19.2. The number of fused-ring (bicyclic) bond motifs is 3.